The number of piperazine rings is 1. The summed E-state index contributed by atoms with van der Waals surface area (Å²) in [6.07, 6.45) is 10.9. The third kappa shape index (κ3) is 4.51. The van der Waals surface area contributed by atoms with Crippen molar-refractivity contribution in [1.29, 1.82) is 0 Å². The average Bonchev–Trinajstić information content (AvgIpc) is 3.77. The third-order valence-corrected chi connectivity index (χ3v) is 11.9. The number of rotatable bonds is 8. The summed E-state index contributed by atoms with van der Waals surface area (Å²) in [6.45, 7) is 6.29. The van der Waals surface area contributed by atoms with E-state index in [0.717, 1.165) is 49.4 Å². The first kappa shape index (κ1) is 30.2. The Morgan fingerprint density at radius 1 is 1.02 bits per heavy atom. The van der Waals surface area contributed by atoms with Gasteiger partial charge in [-0.05, 0) is 88.7 Å². The molecule has 2 N–H and O–H groups in total. The maximum absolute atomic E-state index is 14.5. The Morgan fingerprint density at radius 2 is 1.80 bits per heavy atom. The van der Waals surface area contributed by atoms with E-state index in [1.54, 1.807) is 24.1 Å². The van der Waals surface area contributed by atoms with Crippen LogP contribution in [-0.4, -0.2) is 87.0 Å². The zero-order valence-corrected chi connectivity index (χ0v) is 28.0. The summed E-state index contributed by atoms with van der Waals surface area (Å²) < 4.78 is 1.88. The van der Waals surface area contributed by atoms with E-state index in [1.807, 2.05) is 24.5 Å². The number of aromatic hydroxyl groups is 1. The van der Waals surface area contributed by atoms with E-state index in [9.17, 15) is 19.5 Å². The molecule has 10 rings (SSSR count). The van der Waals surface area contributed by atoms with Crippen molar-refractivity contribution in [3.8, 4) is 11.4 Å². The SMILES string of the molecule is CCc1c(N2CCN(C(=O)c3ncnc(C)c3O)[C@H]3CC[C@@H]32)c(=O)c2nn(-c3ccnc(C)c3)nc2n1CC(=O)NC12CC(C3CC3)(C1)C2. The Kier molecular flexibility index (Phi) is 6.51. The largest absolute Gasteiger partial charge is 0.504 e. The van der Waals surface area contributed by atoms with E-state index in [1.165, 1.54) is 24.0 Å². The number of nitrogens with zero attached hydrogens (tertiary/aromatic N) is 9. The molecule has 0 unspecified atom stereocenters. The molecule has 6 aliphatic rings. The summed E-state index contributed by atoms with van der Waals surface area (Å²) in [6, 6.07) is 3.37. The zero-order valence-electron chi connectivity index (χ0n) is 28.0. The van der Waals surface area contributed by atoms with E-state index in [2.05, 4.69) is 25.2 Å². The number of fused-ring (bicyclic) bond motifs is 2. The smallest absolute Gasteiger partial charge is 0.276 e. The van der Waals surface area contributed by atoms with Crippen molar-refractivity contribution in [2.24, 2.45) is 11.3 Å². The number of anilines is 1. The van der Waals surface area contributed by atoms with E-state index in [4.69, 9.17) is 10.2 Å². The fraction of sp³-hybridized carbons (Fsp3) is 0.543. The van der Waals surface area contributed by atoms with Crippen LogP contribution in [0.25, 0.3) is 16.9 Å². The van der Waals surface area contributed by atoms with Gasteiger partial charge in [0.25, 0.3) is 5.91 Å². The molecule has 14 nitrogen and oxygen atoms in total. The molecule has 0 aromatic carbocycles. The maximum atomic E-state index is 14.5. The van der Waals surface area contributed by atoms with Gasteiger partial charge in [-0.1, -0.05) is 6.92 Å². The fourth-order valence-electron chi connectivity index (χ4n) is 9.36. The summed E-state index contributed by atoms with van der Waals surface area (Å²) >= 11 is 0. The van der Waals surface area contributed by atoms with Crippen LogP contribution in [-0.2, 0) is 17.8 Å². The van der Waals surface area contributed by atoms with Crippen LogP contribution in [0, 0.1) is 25.2 Å². The number of amides is 2. The average molecular weight is 665 g/mol. The molecule has 254 valence electrons. The number of hydrogen-bond acceptors (Lipinski definition) is 10. The first-order valence-electron chi connectivity index (χ1n) is 17.5. The van der Waals surface area contributed by atoms with Crippen molar-refractivity contribution in [3.05, 3.63) is 57.7 Å². The molecule has 4 aromatic heterocycles. The van der Waals surface area contributed by atoms with Crippen molar-refractivity contribution in [2.45, 2.75) is 96.3 Å². The highest BCUT2D eigenvalue weighted by atomic mass is 16.3. The minimum absolute atomic E-state index is 0.00892. The Hall–Kier alpha value is -4.88. The molecule has 5 saturated carbocycles. The number of aryl methyl sites for hydroxylation is 2. The molecule has 6 fully saturated rings. The normalized spacial score (nSPS) is 26.8. The lowest BCUT2D eigenvalue weighted by molar-refractivity contribution is -0.176. The van der Waals surface area contributed by atoms with Gasteiger partial charge in [0.15, 0.2) is 22.6 Å². The molecule has 1 saturated heterocycles. The van der Waals surface area contributed by atoms with Crippen LogP contribution in [0.2, 0.25) is 0 Å². The topological polar surface area (TPSA) is 164 Å². The number of hydrogen-bond donors (Lipinski definition) is 2. The quantitative estimate of drug-likeness (QED) is 0.286. The molecule has 49 heavy (non-hydrogen) atoms. The van der Waals surface area contributed by atoms with Crippen LogP contribution in [0.5, 0.6) is 5.75 Å². The Bertz CT molecular complexity index is 2100. The molecule has 1 aliphatic heterocycles. The molecule has 0 radical (unpaired) electrons. The second-order valence-corrected chi connectivity index (χ2v) is 14.9. The van der Waals surface area contributed by atoms with E-state index in [0.29, 0.717) is 47.6 Å². The van der Waals surface area contributed by atoms with Gasteiger partial charge in [-0.3, -0.25) is 19.4 Å². The van der Waals surface area contributed by atoms with Crippen LogP contribution in [0.1, 0.15) is 79.4 Å². The van der Waals surface area contributed by atoms with Crippen molar-refractivity contribution in [1.82, 2.24) is 44.7 Å². The van der Waals surface area contributed by atoms with Crippen LogP contribution >= 0.6 is 0 Å². The number of aromatic nitrogens is 7. The highest BCUT2D eigenvalue weighted by Crippen LogP contribution is 2.75. The Labute approximate surface area is 282 Å². The fourth-order valence-corrected chi connectivity index (χ4v) is 9.36. The lowest BCUT2D eigenvalue weighted by Gasteiger charge is -2.71. The molecule has 2 amide bonds. The summed E-state index contributed by atoms with van der Waals surface area (Å²) in [5.41, 5.74) is 3.74. The molecule has 0 spiro atoms. The predicted octanol–water partition coefficient (Wildman–Crippen LogP) is 2.59. The van der Waals surface area contributed by atoms with Gasteiger partial charge in [0.05, 0.1) is 17.4 Å². The first-order valence-corrected chi connectivity index (χ1v) is 17.5. The van der Waals surface area contributed by atoms with Gasteiger partial charge in [0, 0.05) is 42.3 Å². The minimum atomic E-state index is -0.342. The first-order chi connectivity index (χ1) is 23.6. The standard InChI is InChI=1S/C35H40N10O4/c1-4-23-29(42-11-12-43(25-8-7-24(25)42)33(49)28-30(47)20(3)37-18-38-28)31(48)27-32(41-45(40-27)22-9-10-36-19(2)13-22)44(23)14-26(46)39-35-15-34(16-35,17-35)21-5-6-21/h9-10,13,18,21,24-25,47H,4-8,11-12,14-17H2,1-3H3,(H,39,46)/t24-,25-,34?,35?/m0/s1. The van der Waals surface area contributed by atoms with Gasteiger partial charge >= 0.3 is 0 Å². The summed E-state index contributed by atoms with van der Waals surface area (Å²) in [5.74, 6) is 0.207. The van der Waals surface area contributed by atoms with Gasteiger partial charge in [-0.15, -0.1) is 15.0 Å². The highest BCUT2D eigenvalue weighted by molar-refractivity contribution is 5.95. The molecule has 4 aromatic rings. The third-order valence-electron chi connectivity index (χ3n) is 11.9. The van der Waals surface area contributed by atoms with E-state index >= 15 is 0 Å². The lowest BCUT2D eigenvalue weighted by atomic mass is 9.37. The second-order valence-electron chi connectivity index (χ2n) is 14.9. The van der Waals surface area contributed by atoms with E-state index < -0.39 is 0 Å². The van der Waals surface area contributed by atoms with Gasteiger partial charge in [0.2, 0.25) is 11.3 Å². The second kappa shape index (κ2) is 10.6. The number of carbonyl (C=O) groups excluding carboxylic acids is 2. The molecule has 2 atom stereocenters. The van der Waals surface area contributed by atoms with Gasteiger partial charge in [0.1, 0.15) is 18.6 Å². The van der Waals surface area contributed by atoms with Crippen LogP contribution < -0.4 is 15.6 Å². The molecule has 5 heterocycles. The van der Waals surface area contributed by atoms with Crippen molar-refractivity contribution < 1.29 is 14.7 Å². The monoisotopic (exact) mass is 664 g/mol. The summed E-state index contributed by atoms with van der Waals surface area (Å²) in [4.78, 5) is 59.7. The molecule has 2 bridgehead atoms. The molecule has 14 heteroatoms. The number of carbonyl (C=O) groups is 2. The van der Waals surface area contributed by atoms with Crippen molar-refractivity contribution in [3.63, 3.8) is 0 Å². The molecule has 5 aliphatic carbocycles. The molecular formula is C35H40N10O4. The van der Waals surface area contributed by atoms with Crippen LogP contribution in [0.15, 0.2) is 29.5 Å². The van der Waals surface area contributed by atoms with Crippen LogP contribution in [0.3, 0.4) is 0 Å². The maximum Gasteiger partial charge on any atom is 0.276 e. The lowest BCUT2D eigenvalue weighted by Crippen LogP contribution is -2.75. The van der Waals surface area contributed by atoms with Crippen LogP contribution in [0.4, 0.5) is 5.69 Å². The Balaban J connectivity index is 1.08. The number of pyridine rings is 2. The molecular weight excluding hydrogens is 624 g/mol. The van der Waals surface area contributed by atoms with Gasteiger partial charge in [-0.2, -0.15) is 0 Å². The summed E-state index contributed by atoms with van der Waals surface area (Å²) in [7, 11) is 0. The van der Waals surface area contributed by atoms with E-state index in [-0.39, 0.29) is 58.4 Å². The Morgan fingerprint density at radius 3 is 2.49 bits per heavy atom. The van der Waals surface area contributed by atoms with Gasteiger partial charge < -0.3 is 24.8 Å². The highest BCUT2D eigenvalue weighted by Gasteiger charge is 2.72. The predicted molar refractivity (Wildman–Crippen MR) is 179 cm³/mol. The number of nitrogens with one attached hydrogen (secondary N) is 1. The summed E-state index contributed by atoms with van der Waals surface area (Å²) in [5, 5.41) is 23.4. The minimum Gasteiger partial charge on any atom is -0.504 e. The van der Waals surface area contributed by atoms with Gasteiger partial charge in [-0.25, -0.2) is 9.97 Å². The zero-order chi connectivity index (χ0) is 33.8. The van der Waals surface area contributed by atoms with Crippen molar-refractivity contribution >= 4 is 28.7 Å². The van der Waals surface area contributed by atoms with Crippen molar-refractivity contribution in [2.75, 3.05) is 18.0 Å².